The van der Waals surface area contributed by atoms with Gasteiger partial charge in [-0.1, -0.05) is 31.6 Å². The molecule has 0 unspecified atom stereocenters. The third-order valence-electron chi connectivity index (χ3n) is 3.60. The third-order valence-corrected chi connectivity index (χ3v) is 3.60. The minimum absolute atomic E-state index is 0.139. The lowest BCUT2D eigenvalue weighted by molar-refractivity contribution is -0.125. The maximum Gasteiger partial charge on any atom is 0.155 e. The lowest BCUT2D eigenvalue weighted by Gasteiger charge is -2.31. The molecule has 1 aliphatic rings. The molecule has 1 aliphatic carbocycles. The van der Waals surface area contributed by atoms with Gasteiger partial charge in [0.05, 0.1) is 5.41 Å². The lowest BCUT2D eigenvalue weighted by Crippen LogP contribution is -2.29. The molecule has 0 saturated heterocycles. The van der Waals surface area contributed by atoms with Crippen LogP contribution in [0.3, 0.4) is 0 Å². The Balaban J connectivity index is 2.84. The normalized spacial score (nSPS) is 24.8. The van der Waals surface area contributed by atoms with Gasteiger partial charge in [-0.15, -0.1) is 0 Å². The van der Waals surface area contributed by atoms with Crippen LogP contribution < -0.4 is 0 Å². The number of carbonyl (C=O) groups excluding carboxylic acids is 2. The Hall–Kier alpha value is -1.18. The predicted molar refractivity (Wildman–Crippen MR) is 69.8 cm³/mol. The first kappa shape index (κ1) is 13.9. The average molecular weight is 234 g/mol. The van der Waals surface area contributed by atoms with Gasteiger partial charge >= 0.3 is 0 Å². The van der Waals surface area contributed by atoms with Crippen molar-refractivity contribution in [1.29, 1.82) is 0 Å². The Morgan fingerprint density at radius 2 is 2.12 bits per heavy atom. The predicted octanol–water partition coefficient (Wildman–Crippen LogP) is 3.62. The molecule has 0 heterocycles. The molecule has 0 amide bonds. The van der Waals surface area contributed by atoms with E-state index in [9.17, 15) is 9.59 Å². The summed E-state index contributed by atoms with van der Waals surface area (Å²) in [5.41, 5.74) is 0.527. The molecule has 2 nitrogen and oxygen atoms in total. The van der Waals surface area contributed by atoms with Crippen molar-refractivity contribution in [3.8, 4) is 0 Å². The highest BCUT2D eigenvalue weighted by Gasteiger charge is 2.34. The van der Waals surface area contributed by atoms with Crippen molar-refractivity contribution in [1.82, 2.24) is 0 Å². The summed E-state index contributed by atoms with van der Waals surface area (Å²) in [7, 11) is 0. The van der Waals surface area contributed by atoms with Crippen molar-refractivity contribution < 1.29 is 9.59 Å². The highest BCUT2D eigenvalue weighted by Crippen LogP contribution is 2.38. The molecule has 0 bridgehead atoms. The molecule has 0 spiro atoms. The van der Waals surface area contributed by atoms with Crippen LogP contribution in [0.2, 0.25) is 0 Å². The molecule has 0 N–H and O–H groups in total. The van der Waals surface area contributed by atoms with Crippen LogP contribution in [0.1, 0.15) is 52.9 Å². The summed E-state index contributed by atoms with van der Waals surface area (Å²) in [6.45, 7) is 5.38. The fourth-order valence-corrected chi connectivity index (χ4v) is 2.25. The van der Waals surface area contributed by atoms with Crippen molar-refractivity contribution in [2.75, 3.05) is 0 Å². The lowest BCUT2D eigenvalue weighted by atomic mass is 9.71. The van der Waals surface area contributed by atoms with E-state index in [1.807, 2.05) is 6.08 Å². The molecule has 0 fully saturated rings. The minimum atomic E-state index is -0.353. The van der Waals surface area contributed by atoms with Gasteiger partial charge in [-0.3, -0.25) is 9.59 Å². The van der Waals surface area contributed by atoms with Crippen LogP contribution in [0.5, 0.6) is 0 Å². The highest BCUT2D eigenvalue weighted by molar-refractivity contribution is 5.94. The number of rotatable bonds is 5. The molecule has 0 aromatic carbocycles. The molecule has 0 aromatic heterocycles. The van der Waals surface area contributed by atoms with Crippen molar-refractivity contribution in [2.45, 2.75) is 52.9 Å². The van der Waals surface area contributed by atoms with Crippen molar-refractivity contribution >= 4 is 11.6 Å². The topological polar surface area (TPSA) is 34.1 Å². The summed E-state index contributed by atoms with van der Waals surface area (Å²) in [6, 6.07) is 0. The second kappa shape index (κ2) is 5.95. The monoisotopic (exact) mass is 234 g/mol. The Bertz CT molecular complexity index is 363. The molecule has 17 heavy (non-hydrogen) atoms. The quantitative estimate of drug-likeness (QED) is 0.681. The van der Waals surface area contributed by atoms with Gasteiger partial charge < -0.3 is 0 Å². The maximum absolute atomic E-state index is 11.8. The van der Waals surface area contributed by atoms with Gasteiger partial charge in [0, 0.05) is 0 Å². The van der Waals surface area contributed by atoms with Gasteiger partial charge in [0.1, 0.15) is 5.78 Å². The van der Waals surface area contributed by atoms with E-state index in [0.29, 0.717) is 6.42 Å². The van der Waals surface area contributed by atoms with Crippen LogP contribution in [0.15, 0.2) is 23.8 Å². The molecular weight excluding hydrogens is 212 g/mol. The molecule has 0 aliphatic heterocycles. The summed E-state index contributed by atoms with van der Waals surface area (Å²) < 4.78 is 0. The Morgan fingerprint density at radius 1 is 1.41 bits per heavy atom. The fourth-order valence-electron chi connectivity index (χ4n) is 2.25. The standard InChI is InChI=1S/C15H22O2/c1-4-5-6-9-15(13(3)17)10-7-14(8-11-15)12(2)16/h6-7,9H,4-5,8,10-11H2,1-3H3/b9-6+/t15-/m0/s1. The molecule has 1 atom stereocenters. The number of Topliss-reactive ketones (excluding diaryl/α,β-unsaturated/α-hetero) is 2. The van der Waals surface area contributed by atoms with E-state index in [0.717, 1.165) is 31.3 Å². The van der Waals surface area contributed by atoms with E-state index >= 15 is 0 Å². The van der Waals surface area contributed by atoms with E-state index in [-0.39, 0.29) is 17.0 Å². The first-order valence-corrected chi connectivity index (χ1v) is 6.40. The highest BCUT2D eigenvalue weighted by atomic mass is 16.1. The zero-order valence-corrected chi connectivity index (χ0v) is 11.1. The minimum Gasteiger partial charge on any atom is -0.299 e. The molecule has 0 aromatic rings. The van der Waals surface area contributed by atoms with Crippen LogP contribution in [-0.4, -0.2) is 11.6 Å². The zero-order valence-electron chi connectivity index (χ0n) is 11.1. The smallest absolute Gasteiger partial charge is 0.155 e. The number of hydrogen-bond acceptors (Lipinski definition) is 2. The number of hydrogen-bond donors (Lipinski definition) is 0. The van der Waals surface area contributed by atoms with E-state index in [4.69, 9.17) is 0 Å². The Labute approximate surface area is 104 Å². The summed E-state index contributed by atoms with van der Waals surface area (Å²) in [6.07, 6.45) is 10.4. The number of ketones is 2. The van der Waals surface area contributed by atoms with E-state index in [1.54, 1.807) is 13.8 Å². The maximum atomic E-state index is 11.8. The van der Waals surface area contributed by atoms with Gasteiger partial charge in [0.15, 0.2) is 5.78 Å². The average Bonchev–Trinajstić information content (AvgIpc) is 2.29. The summed E-state index contributed by atoms with van der Waals surface area (Å²) in [4.78, 5) is 23.1. The first-order chi connectivity index (χ1) is 8.02. The molecule has 94 valence electrons. The number of allylic oxidation sites excluding steroid dienone is 4. The fraction of sp³-hybridized carbons (Fsp3) is 0.600. The van der Waals surface area contributed by atoms with Gasteiger partial charge in [-0.05, 0) is 45.1 Å². The van der Waals surface area contributed by atoms with Crippen LogP contribution in [0.25, 0.3) is 0 Å². The van der Waals surface area contributed by atoms with Crippen molar-refractivity contribution in [3.05, 3.63) is 23.8 Å². The molecule has 1 rings (SSSR count). The van der Waals surface area contributed by atoms with E-state index in [1.165, 1.54) is 0 Å². The second-order valence-corrected chi connectivity index (χ2v) is 4.89. The first-order valence-electron chi connectivity index (χ1n) is 6.40. The number of unbranched alkanes of at least 4 members (excludes halogenated alkanes) is 1. The third kappa shape index (κ3) is 3.39. The SMILES string of the molecule is CCC/C=C/[C@]1(C(C)=O)CC=C(C(C)=O)CC1. The van der Waals surface area contributed by atoms with Crippen LogP contribution in [-0.2, 0) is 9.59 Å². The van der Waals surface area contributed by atoms with Crippen LogP contribution >= 0.6 is 0 Å². The summed E-state index contributed by atoms with van der Waals surface area (Å²) in [5, 5.41) is 0. The molecule has 0 saturated carbocycles. The van der Waals surface area contributed by atoms with Crippen molar-refractivity contribution in [2.24, 2.45) is 5.41 Å². The van der Waals surface area contributed by atoms with Crippen LogP contribution in [0.4, 0.5) is 0 Å². The summed E-state index contributed by atoms with van der Waals surface area (Å²) >= 11 is 0. The molecule has 2 heteroatoms. The van der Waals surface area contributed by atoms with E-state index < -0.39 is 0 Å². The van der Waals surface area contributed by atoms with Crippen molar-refractivity contribution in [3.63, 3.8) is 0 Å². The van der Waals surface area contributed by atoms with Gasteiger partial charge in [0.2, 0.25) is 0 Å². The van der Waals surface area contributed by atoms with Gasteiger partial charge in [-0.25, -0.2) is 0 Å². The Kier molecular flexibility index (Phi) is 4.86. The Morgan fingerprint density at radius 3 is 2.53 bits per heavy atom. The van der Waals surface area contributed by atoms with E-state index in [2.05, 4.69) is 19.1 Å². The second-order valence-electron chi connectivity index (χ2n) is 4.89. The number of carbonyl (C=O) groups is 2. The van der Waals surface area contributed by atoms with Crippen LogP contribution in [0, 0.1) is 5.41 Å². The van der Waals surface area contributed by atoms with Gasteiger partial charge in [-0.2, -0.15) is 0 Å². The van der Waals surface area contributed by atoms with Gasteiger partial charge in [0.25, 0.3) is 0 Å². The summed E-state index contributed by atoms with van der Waals surface area (Å²) in [5.74, 6) is 0.350. The largest absolute Gasteiger partial charge is 0.299 e. The molecular formula is C15H22O2. The molecule has 0 radical (unpaired) electrons. The zero-order chi connectivity index (χ0) is 12.9.